The third-order valence-corrected chi connectivity index (χ3v) is 3.22. The molecule has 1 aliphatic heterocycles. The van der Waals surface area contributed by atoms with Crippen molar-refractivity contribution in [2.75, 3.05) is 26.2 Å². The van der Waals surface area contributed by atoms with E-state index in [0.717, 1.165) is 19.6 Å². The zero-order valence-electron chi connectivity index (χ0n) is 11.9. The molecule has 0 aliphatic carbocycles. The maximum atomic E-state index is 11.5. The summed E-state index contributed by atoms with van der Waals surface area (Å²) in [5.41, 5.74) is 0. The Morgan fingerprint density at radius 1 is 1.20 bits per heavy atom. The molecule has 7 nitrogen and oxygen atoms in total. The molecule has 1 unspecified atom stereocenters. The Hall–Kier alpha value is -1.63. The SMILES string of the molecule is CC(CC(=O)O)CC(=O)NC(=O)NCCN1CCCC1. The van der Waals surface area contributed by atoms with E-state index in [9.17, 15) is 14.4 Å². The summed E-state index contributed by atoms with van der Waals surface area (Å²) in [5, 5.41) is 13.4. The molecule has 20 heavy (non-hydrogen) atoms. The third-order valence-electron chi connectivity index (χ3n) is 3.22. The molecule has 0 aromatic heterocycles. The van der Waals surface area contributed by atoms with E-state index in [2.05, 4.69) is 15.5 Å². The van der Waals surface area contributed by atoms with E-state index >= 15 is 0 Å². The number of nitrogens with zero attached hydrogens (tertiary/aromatic N) is 1. The fourth-order valence-electron chi connectivity index (χ4n) is 2.24. The summed E-state index contributed by atoms with van der Waals surface area (Å²) >= 11 is 0. The zero-order valence-corrected chi connectivity index (χ0v) is 11.9. The van der Waals surface area contributed by atoms with Gasteiger partial charge < -0.3 is 15.3 Å². The minimum atomic E-state index is -0.944. The van der Waals surface area contributed by atoms with Gasteiger partial charge in [-0.05, 0) is 31.8 Å². The summed E-state index contributed by atoms with van der Waals surface area (Å²) in [6.45, 7) is 5.09. The Kier molecular flexibility index (Phi) is 7.00. The van der Waals surface area contributed by atoms with Crippen LogP contribution >= 0.6 is 0 Å². The van der Waals surface area contributed by atoms with Crippen LogP contribution in [0.2, 0.25) is 0 Å². The van der Waals surface area contributed by atoms with Crippen LogP contribution in [0.5, 0.6) is 0 Å². The van der Waals surface area contributed by atoms with Gasteiger partial charge >= 0.3 is 12.0 Å². The fourth-order valence-corrected chi connectivity index (χ4v) is 2.24. The molecular weight excluding hydrogens is 262 g/mol. The second-order valence-corrected chi connectivity index (χ2v) is 5.26. The molecule has 1 rings (SSSR count). The van der Waals surface area contributed by atoms with Crippen molar-refractivity contribution >= 4 is 17.9 Å². The molecule has 1 aliphatic rings. The number of aliphatic carboxylic acids is 1. The smallest absolute Gasteiger partial charge is 0.321 e. The summed E-state index contributed by atoms with van der Waals surface area (Å²) in [6.07, 6.45) is 2.36. The molecule has 1 saturated heterocycles. The van der Waals surface area contributed by atoms with Crippen LogP contribution in [0.4, 0.5) is 4.79 Å². The maximum absolute atomic E-state index is 11.5. The maximum Gasteiger partial charge on any atom is 0.321 e. The summed E-state index contributed by atoms with van der Waals surface area (Å²) in [5.74, 6) is -1.68. The van der Waals surface area contributed by atoms with Crippen LogP contribution in [-0.4, -0.2) is 54.1 Å². The molecule has 0 radical (unpaired) electrons. The molecule has 114 valence electrons. The van der Waals surface area contributed by atoms with E-state index in [1.54, 1.807) is 6.92 Å². The summed E-state index contributed by atoms with van der Waals surface area (Å²) in [7, 11) is 0. The Morgan fingerprint density at radius 2 is 1.85 bits per heavy atom. The topological polar surface area (TPSA) is 98.7 Å². The molecule has 0 spiro atoms. The van der Waals surface area contributed by atoms with Crippen molar-refractivity contribution in [1.29, 1.82) is 0 Å². The quantitative estimate of drug-likeness (QED) is 0.629. The Bertz CT molecular complexity index is 354. The average Bonchev–Trinajstić information content (AvgIpc) is 2.80. The van der Waals surface area contributed by atoms with Gasteiger partial charge in [0.1, 0.15) is 0 Å². The number of likely N-dealkylation sites (tertiary alicyclic amines) is 1. The normalized spacial score (nSPS) is 16.6. The van der Waals surface area contributed by atoms with Crippen LogP contribution in [0.25, 0.3) is 0 Å². The lowest BCUT2D eigenvalue weighted by atomic mass is 10.0. The van der Waals surface area contributed by atoms with Crippen molar-refractivity contribution in [2.24, 2.45) is 5.92 Å². The van der Waals surface area contributed by atoms with Crippen LogP contribution in [0.1, 0.15) is 32.6 Å². The van der Waals surface area contributed by atoms with Crippen LogP contribution in [-0.2, 0) is 9.59 Å². The molecule has 0 bridgehead atoms. The molecule has 1 atom stereocenters. The predicted octanol–water partition coefficient (Wildman–Crippen LogP) is 0.409. The van der Waals surface area contributed by atoms with Crippen LogP contribution in [0, 0.1) is 5.92 Å². The Balaban J connectivity index is 2.10. The van der Waals surface area contributed by atoms with E-state index in [-0.39, 0.29) is 18.8 Å². The minimum absolute atomic E-state index is 0.0336. The molecule has 0 aromatic rings. The summed E-state index contributed by atoms with van der Waals surface area (Å²) in [4.78, 5) is 35.7. The lowest BCUT2D eigenvalue weighted by Crippen LogP contribution is -2.42. The first-order valence-corrected chi connectivity index (χ1v) is 6.99. The summed E-state index contributed by atoms with van der Waals surface area (Å²) in [6, 6.07) is -0.517. The van der Waals surface area contributed by atoms with Gasteiger partial charge in [0, 0.05) is 25.9 Å². The first-order chi connectivity index (χ1) is 9.47. The van der Waals surface area contributed by atoms with Crippen LogP contribution < -0.4 is 10.6 Å². The predicted molar refractivity (Wildman–Crippen MR) is 73.2 cm³/mol. The van der Waals surface area contributed by atoms with E-state index in [1.807, 2.05) is 0 Å². The third kappa shape index (κ3) is 7.08. The highest BCUT2D eigenvalue weighted by Crippen LogP contribution is 2.07. The molecule has 0 saturated carbocycles. The van der Waals surface area contributed by atoms with Crippen molar-refractivity contribution in [1.82, 2.24) is 15.5 Å². The number of carboxylic acid groups (broad SMARTS) is 1. The van der Waals surface area contributed by atoms with Gasteiger partial charge in [0.05, 0.1) is 0 Å². The number of imide groups is 1. The molecule has 0 aromatic carbocycles. The number of hydrogen-bond donors (Lipinski definition) is 3. The van der Waals surface area contributed by atoms with Crippen LogP contribution in [0.3, 0.4) is 0 Å². The average molecular weight is 285 g/mol. The van der Waals surface area contributed by atoms with Crippen molar-refractivity contribution in [3.8, 4) is 0 Å². The highest BCUT2D eigenvalue weighted by Gasteiger charge is 2.15. The lowest BCUT2D eigenvalue weighted by molar-refractivity contribution is -0.138. The highest BCUT2D eigenvalue weighted by molar-refractivity contribution is 5.94. The highest BCUT2D eigenvalue weighted by atomic mass is 16.4. The van der Waals surface area contributed by atoms with Gasteiger partial charge in [-0.15, -0.1) is 0 Å². The van der Waals surface area contributed by atoms with E-state index in [1.165, 1.54) is 12.8 Å². The lowest BCUT2D eigenvalue weighted by Gasteiger charge is -2.15. The Labute approximate surface area is 118 Å². The van der Waals surface area contributed by atoms with Gasteiger partial charge in [-0.2, -0.15) is 0 Å². The number of rotatable bonds is 7. The number of hydrogen-bond acceptors (Lipinski definition) is 4. The molecule has 3 N–H and O–H groups in total. The zero-order chi connectivity index (χ0) is 15.0. The van der Waals surface area contributed by atoms with Crippen LogP contribution in [0.15, 0.2) is 0 Å². The number of urea groups is 1. The van der Waals surface area contributed by atoms with Gasteiger partial charge in [0.15, 0.2) is 0 Å². The van der Waals surface area contributed by atoms with Gasteiger partial charge in [-0.1, -0.05) is 6.92 Å². The van der Waals surface area contributed by atoms with Crippen molar-refractivity contribution in [3.05, 3.63) is 0 Å². The standard InChI is InChI=1S/C13H23N3O4/c1-10(9-12(18)19)8-11(17)15-13(20)14-4-7-16-5-2-3-6-16/h10H,2-9H2,1H3,(H,18,19)(H2,14,15,17,20). The van der Waals surface area contributed by atoms with Gasteiger partial charge in [-0.3, -0.25) is 14.9 Å². The molecule has 3 amide bonds. The number of carbonyl (C=O) groups is 3. The molecule has 1 heterocycles. The Morgan fingerprint density at radius 3 is 2.45 bits per heavy atom. The number of carbonyl (C=O) groups excluding carboxylic acids is 2. The van der Waals surface area contributed by atoms with Gasteiger partial charge in [-0.25, -0.2) is 4.79 Å². The number of carboxylic acids is 1. The number of nitrogens with one attached hydrogen (secondary N) is 2. The summed E-state index contributed by atoms with van der Waals surface area (Å²) < 4.78 is 0. The van der Waals surface area contributed by atoms with Crippen molar-refractivity contribution < 1.29 is 19.5 Å². The monoisotopic (exact) mass is 285 g/mol. The van der Waals surface area contributed by atoms with E-state index in [4.69, 9.17) is 5.11 Å². The molecule has 7 heteroatoms. The second kappa shape index (κ2) is 8.52. The first kappa shape index (κ1) is 16.4. The van der Waals surface area contributed by atoms with E-state index in [0.29, 0.717) is 6.54 Å². The van der Waals surface area contributed by atoms with Crippen molar-refractivity contribution in [3.63, 3.8) is 0 Å². The second-order valence-electron chi connectivity index (χ2n) is 5.26. The van der Waals surface area contributed by atoms with Gasteiger partial charge in [0.2, 0.25) is 5.91 Å². The first-order valence-electron chi connectivity index (χ1n) is 6.99. The molecular formula is C13H23N3O4. The van der Waals surface area contributed by atoms with E-state index < -0.39 is 17.9 Å². The fraction of sp³-hybridized carbons (Fsp3) is 0.769. The minimum Gasteiger partial charge on any atom is -0.481 e. The largest absolute Gasteiger partial charge is 0.481 e. The molecule has 1 fully saturated rings. The van der Waals surface area contributed by atoms with Crippen molar-refractivity contribution in [2.45, 2.75) is 32.6 Å². The van der Waals surface area contributed by atoms with Gasteiger partial charge in [0.25, 0.3) is 0 Å². The number of amides is 3.